The zero-order chi connectivity index (χ0) is 14.4. The van der Waals surface area contributed by atoms with Gasteiger partial charge in [0, 0.05) is 18.3 Å². The fraction of sp³-hybridized carbons (Fsp3) is 0.643. The van der Waals surface area contributed by atoms with Crippen LogP contribution in [-0.4, -0.2) is 26.4 Å². The van der Waals surface area contributed by atoms with Crippen LogP contribution >= 0.6 is 11.8 Å². The molecular formula is C14H20N2O3S. The fourth-order valence-corrected chi connectivity index (χ4v) is 3.39. The first-order valence-corrected chi connectivity index (χ1v) is 8.09. The van der Waals surface area contributed by atoms with Gasteiger partial charge in [-0.3, -0.25) is 9.59 Å². The first-order valence-electron chi connectivity index (χ1n) is 7.10. The molecule has 5 nitrogen and oxygen atoms in total. The lowest BCUT2D eigenvalue weighted by atomic mass is 9.96. The molecule has 0 aliphatic heterocycles. The summed E-state index contributed by atoms with van der Waals surface area (Å²) in [5, 5.41) is 9.32. The Hall–Kier alpha value is -1.30. The second-order valence-electron chi connectivity index (χ2n) is 5.14. The molecule has 6 heteroatoms. The Morgan fingerprint density at radius 2 is 1.95 bits per heavy atom. The smallest absolute Gasteiger partial charge is 0.313 e. The third-order valence-corrected chi connectivity index (χ3v) is 4.55. The second kappa shape index (κ2) is 7.47. The quantitative estimate of drug-likeness (QED) is 0.683. The molecule has 1 N–H and O–H groups in total. The molecule has 1 aromatic rings. The standard InChI is InChI=1S/C14H20N2O3S/c17-12-8-9-16(14(15-12)20-10-13(18)19)11-6-4-2-1-3-5-7-11/h8-9,11H,1-7,10H2,(H,18,19). The molecule has 20 heavy (non-hydrogen) atoms. The van der Waals surface area contributed by atoms with E-state index in [0.717, 1.165) is 24.6 Å². The Morgan fingerprint density at radius 3 is 2.60 bits per heavy atom. The van der Waals surface area contributed by atoms with E-state index >= 15 is 0 Å². The number of aliphatic carboxylic acids is 1. The number of aromatic nitrogens is 2. The second-order valence-corrected chi connectivity index (χ2v) is 6.08. The van der Waals surface area contributed by atoms with Crippen LogP contribution in [0.5, 0.6) is 0 Å². The third-order valence-electron chi connectivity index (χ3n) is 3.60. The predicted molar refractivity (Wildman–Crippen MR) is 78.2 cm³/mol. The number of hydrogen-bond donors (Lipinski definition) is 1. The average Bonchev–Trinajstić information content (AvgIpc) is 2.37. The van der Waals surface area contributed by atoms with E-state index in [9.17, 15) is 9.59 Å². The molecule has 2 rings (SSSR count). The van der Waals surface area contributed by atoms with E-state index in [4.69, 9.17) is 5.11 Å². The van der Waals surface area contributed by atoms with Gasteiger partial charge in [0.25, 0.3) is 5.56 Å². The monoisotopic (exact) mass is 296 g/mol. The summed E-state index contributed by atoms with van der Waals surface area (Å²) in [6.45, 7) is 0. The van der Waals surface area contributed by atoms with E-state index in [1.54, 1.807) is 6.20 Å². The Labute approximate surface area is 122 Å². The Bertz CT molecular complexity index is 507. The van der Waals surface area contributed by atoms with Crippen LogP contribution in [0.25, 0.3) is 0 Å². The van der Waals surface area contributed by atoms with Gasteiger partial charge in [0.05, 0.1) is 5.75 Å². The topological polar surface area (TPSA) is 72.2 Å². The fourth-order valence-electron chi connectivity index (χ4n) is 2.62. The van der Waals surface area contributed by atoms with Crippen molar-refractivity contribution in [2.75, 3.05) is 5.75 Å². The van der Waals surface area contributed by atoms with Gasteiger partial charge in [0.2, 0.25) is 0 Å². The van der Waals surface area contributed by atoms with Crippen LogP contribution < -0.4 is 5.56 Å². The number of rotatable bonds is 4. The van der Waals surface area contributed by atoms with E-state index in [0.29, 0.717) is 11.2 Å². The van der Waals surface area contributed by atoms with Crippen molar-refractivity contribution in [3.8, 4) is 0 Å². The highest BCUT2D eigenvalue weighted by molar-refractivity contribution is 7.99. The molecule has 1 fully saturated rings. The van der Waals surface area contributed by atoms with Crippen molar-refractivity contribution >= 4 is 17.7 Å². The number of carboxylic acids is 1. The highest BCUT2D eigenvalue weighted by Gasteiger charge is 2.16. The molecular weight excluding hydrogens is 276 g/mol. The van der Waals surface area contributed by atoms with Crippen LogP contribution in [0.2, 0.25) is 0 Å². The molecule has 0 amide bonds. The molecule has 0 bridgehead atoms. The van der Waals surface area contributed by atoms with Crippen molar-refractivity contribution in [1.82, 2.24) is 9.55 Å². The Balaban J connectivity index is 2.19. The predicted octanol–water partition coefficient (Wildman–Crippen LogP) is 2.71. The number of nitrogens with zero attached hydrogens (tertiary/aromatic N) is 2. The van der Waals surface area contributed by atoms with E-state index in [1.165, 1.54) is 38.2 Å². The number of hydrogen-bond acceptors (Lipinski definition) is 4. The number of carboxylic acid groups (broad SMARTS) is 1. The van der Waals surface area contributed by atoms with Crippen LogP contribution in [0.15, 0.2) is 22.2 Å². The molecule has 0 atom stereocenters. The molecule has 1 aliphatic carbocycles. The van der Waals surface area contributed by atoms with E-state index in [2.05, 4.69) is 4.98 Å². The van der Waals surface area contributed by atoms with Crippen LogP contribution in [0.1, 0.15) is 51.0 Å². The molecule has 0 saturated heterocycles. The lowest BCUT2D eigenvalue weighted by Gasteiger charge is -2.24. The zero-order valence-electron chi connectivity index (χ0n) is 11.5. The number of thioether (sulfide) groups is 1. The summed E-state index contributed by atoms with van der Waals surface area (Å²) >= 11 is 1.13. The van der Waals surface area contributed by atoms with Gasteiger partial charge in [0.15, 0.2) is 5.16 Å². The summed E-state index contributed by atoms with van der Waals surface area (Å²) in [5.74, 6) is -0.958. The van der Waals surface area contributed by atoms with Crippen LogP contribution in [0.4, 0.5) is 0 Å². The molecule has 1 saturated carbocycles. The summed E-state index contributed by atoms with van der Waals surface area (Å²) in [5.41, 5.74) is -0.306. The molecule has 110 valence electrons. The largest absolute Gasteiger partial charge is 0.481 e. The summed E-state index contributed by atoms with van der Waals surface area (Å²) in [6.07, 6.45) is 10.1. The first-order chi connectivity index (χ1) is 9.66. The number of carbonyl (C=O) groups is 1. The van der Waals surface area contributed by atoms with Gasteiger partial charge in [-0.2, -0.15) is 4.98 Å². The maximum atomic E-state index is 11.4. The lowest BCUT2D eigenvalue weighted by Crippen LogP contribution is -2.19. The van der Waals surface area contributed by atoms with Crippen LogP contribution in [0, 0.1) is 0 Å². The molecule has 1 aromatic heterocycles. The molecule has 0 spiro atoms. The van der Waals surface area contributed by atoms with Gasteiger partial charge < -0.3 is 9.67 Å². The summed E-state index contributed by atoms with van der Waals surface area (Å²) in [6, 6.07) is 1.79. The highest BCUT2D eigenvalue weighted by Crippen LogP contribution is 2.29. The van der Waals surface area contributed by atoms with E-state index in [-0.39, 0.29) is 11.3 Å². The average molecular weight is 296 g/mol. The first kappa shape index (κ1) is 15.1. The Kier molecular flexibility index (Phi) is 5.64. The molecule has 0 unspecified atom stereocenters. The Morgan fingerprint density at radius 1 is 1.30 bits per heavy atom. The zero-order valence-corrected chi connectivity index (χ0v) is 12.3. The van der Waals surface area contributed by atoms with Gasteiger partial charge >= 0.3 is 5.97 Å². The minimum Gasteiger partial charge on any atom is -0.481 e. The van der Waals surface area contributed by atoms with Crippen molar-refractivity contribution in [3.63, 3.8) is 0 Å². The van der Waals surface area contributed by atoms with Gasteiger partial charge in [-0.15, -0.1) is 0 Å². The van der Waals surface area contributed by atoms with Gasteiger partial charge in [-0.25, -0.2) is 0 Å². The normalized spacial score (nSPS) is 17.4. The van der Waals surface area contributed by atoms with Crippen molar-refractivity contribution in [2.24, 2.45) is 0 Å². The molecule has 0 radical (unpaired) electrons. The highest BCUT2D eigenvalue weighted by atomic mass is 32.2. The van der Waals surface area contributed by atoms with Crippen molar-refractivity contribution in [3.05, 3.63) is 22.6 Å². The third kappa shape index (κ3) is 4.37. The SMILES string of the molecule is O=C(O)CSc1nc(=O)ccn1C1CCCCCCC1. The van der Waals surface area contributed by atoms with Crippen LogP contribution in [-0.2, 0) is 4.79 Å². The van der Waals surface area contributed by atoms with E-state index in [1.807, 2.05) is 4.57 Å². The van der Waals surface area contributed by atoms with Gasteiger partial charge in [-0.05, 0) is 12.8 Å². The molecule has 1 heterocycles. The maximum absolute atomic E-state index is 11.4. The summed E-state index contributed by atoms with van der Waals surface area (Å²) in [4.78, 5) is 26.1. The maximum Gasteiger partial charge on any atom is 0.313 e. The van der Waals surface area contributed by atoms with E-state index < -0.39 is 5.97 Å². The minimum absolute atomic E-state index is 0.0663. The van der Waals surface area contributed by atoms with Crippen molar-refractivity contribution in [2.45, 2.75) is 56.1 Å². The molecule has 1 aliphatic rings. The van der Waals surface area contributed by atoms with Crippen LogP contribution in [0.3, 0.4) is 0 Å². The van der Waals surface area contributed by atoms with Crippen molar-refractivity contribution < 1.29 is 9.90 Å². The lowest BCUT2D eigenvalue weighted by molar-refractivity contribution is -0.133. The minimum atomic E-state index is -0.891. The van der Waals surface area contributed by atoms with Gasteiger partial charge in [-0.1, -0.05) is 43.9 Å². The van der Waals surface area contributed by atoms with Crippen molar-refractivity contribution in [1.29, 1.82) is 0 Å². The van der Waals surface area contributed by atoms with Gasteiger partial charge in [0.1, 0.15) is 0 Å². The summed E-state index contributed by atoms with van der Waals surface area (Å²) in [7, 11) is 0. The molecule has 0 aromatic carbocycles. The summed E-state index contributed by atoms with van der Waals surface area (Å²) < 4.78 is 2.00.